The van der Waals surface area contributed by atoms with Crippen molar-refractivity contribution in [3.63, 3.8) is 0 Å². The van der Waals surface area contributed by atoms with Crippen molar-refractivity contribution >= 4 is 40.1 Å². The normalized spacial score (nSPS) is 11.6. The van der Waals surface area contributed by atoms with Gasteiger partial charge in [0.2, 0.25) is 0 Å². The van der Waals surface area contributed by atoms with E-state index in [1.165, 1.54) is 16.0 Å². The standard InChI is InChI=1S/C30H24N6OS2/c1-19-9-13-22(14-10-19)26-23(18-34(33-26)24-7-5-4-6-8-24)17-31-36-21(3)32-28-27(29(36)37)39-30(38)35(28)25-15-11-20(2)12-16-25/h4-18H,1-3H3/b31-17+. The Bertz CT molecular complexity index is 1960. The first-order valence-electron chi connectivity index (χ1n) is 12.4. The van der Waals surface area contributed by atoms with E-state index in [1.807, 2.05) is 89.1 Å². The molecule has 0 radical (unpaired) electrons. The molecular formula is C30H24N6OS2. The molecule has 3 aromatic carbocycles. The summed E-state index contributed by atoms with van der Waals surface area (Å²) < 4.78 is 6.01. The lowest BCUT2D eigenvalue weighted by Crippen LogP contribution is -2.20. The van der Waals surface area contributed by atoms with Crippen LogP contribution in [0.15, 0.2) is 95.0 Å². The van der Waals surface area contributed by atoms with E-state index < -0.39 is 0 Å². The second-order valence-electron chi connectivity index (χ2n) is 9.29. The lowest BCUT2D eigenvalue weighted by molar-refractivity contribution is 0.768. The number of hydrogen-bond donors (Lipinski definition) is 0. The molecule has 0 aliphatic rings. The fraction of sp³-hybridized carbons (Fsp3) is 0.100. The molecule has 0 saturated heterocycles. The third-order valence-corrected chi connectivity index (χ3v) is 7.79. The summed E-state index contributed by atoms with van der Waals surface area (Å²) in [7, 11) is 0. The van der Waals surface area contributed by atoms with Crippen LogP contribution in [0.5, 0.6) is 0 Å². The van der Waals surface area contributed by atoms with Crippen LogP contribution in [0.3, 0.4) is 0 Å². The third-order valence-electron chi connectivity index (χ3n) is 6.44. The number of thiazole rings is 1. The number of hydrogen-bond acceptors (Lipinski definition) is 6. The van der Waals surface area contributed by atoms with Gasteiger partial charge in [0.05, 0.1) is 11.9 Å². The van der Waals surface area contributed by atoms with Crippen LogP contribution in [0.25, 0.3) is 33.0 Å². The summed E-state index contributed by atoms with van der Waals surface area (Å²) in [4.78, 5) is 18.3. The molecule has 0 unspecified atom stereocenters. The molecule has 0 aliphatic carbocycles. The second kappa shape index (κ2) is 10.0. The van der Waals surface area contributed by atoms with Crippen molar-refractivity contribution in [2.75, 3.05) is 0 Å². The van der Waals surface area contributed by atoms with Gasteiger partial charge in [0, 0.05) is 23.0 Å². The van der Waals surface area contributed by atoms with Crippen molar-refractivity contribution in [1.82, 2.24) is 24.0 Å². The van der Waals surface area contributed by atoms with Gasteiger partial charge in [-0.3, -0.25) is 9.36 Å². The van der Waals surface area contributed by atoms with Crippen LogP contribution in [0.1, 0.15) is 22.5 Å². The molecule has 9 heteroatoms. The highest BCUT2D eigenvalue weighted by molar-refractivity contribution is 7.73. The number of benzene rings is 3. The molecular weight excluding hydrogens is 525 g/mol. The SMILES string of the molecule is Cc1ccc(-c2nn(-c3ccccc3)cc2/C=N/n2c(C)nc3c(sc(=S)n3-c3ccc(C)cc3)c2=O)cc1. The topological polar surface area (TPSA) is 70.0 Å². The number of rotatable bonds is 5. The molecule has 0 atom stereocenters. The molecule has 0 spiro atoms. The van der Waals surface area contributed by atoms with Crippen molar-refractivity contribution < 1.29 is 0 Å². The van der Waals surface area contributed by atoms with Crippen LogP contribution >= 0.6 is 23.6 Å². The largest absolute Gasteiger partial charge is 0.293 e. The van der Waals surface area contributed by atoms with E-state index in [-0.39, 0.29) is 5.56 Å². The fourth-order valence-electron chi connectivity index (χ4n) is 4.36. The minimum Gasteiger partial charge on any atom is -0.275 e. The van der Waals surface area contributed by atoms with Crippen molar-refractivity contribution in [2.45, 2.75) is 20.8 Å². The van der Waals surface area contributed by atoms with Gasteiger partial charge in [-0.2, -0.15) is 14.9 Å². The van der Waals surface area contributed by atoms with Gasteiger partial charge in [0.25, 0.3) is 5.56 Å². The zero-order valence-electron chi connectivity index (χ0n) is 21.6. The van der Waals surface area contributed by atoms with E-state index in [9.17, 15) is 4.79 Å². The minimum absolute atomic E-state index is 0.261. The van der Waals surface area contributed by atoms with Gasteiger partial charge in [0.1, 0.15) is 16.2 Å². The van der Waals surface area contributed by atoms with Crippen molar-refractivity contribution in [3.05, 3.63) is 122 Å². The van der Waals surface area contributed by atoms with Crippen molar-refractivity contribution in [3.8, 4) is 22.6 Å². The molecule has 0 amide bonds. The van der Waals surface area contributed by atoms with Gasteiger partial charge in [-0.1, -0.05) is 77.1 Å². The van der Waals surface area contributed by atoms with E-state index in [0.717, 1.165) is 39.3 Å². The molecule has 192 valence electrons. The maximum absolute atomic E-state index is 13.6. The molecule has 0 fully saturated rings. The van der Waals surface area contributed by atoms with Crippen molar-refractivity contribution in [2.24, 2.45) is 5.10 Å². The zero-order valence-corrected chi connectivity index (χ0v) is 23.2. The summed E-state index contributed by atoms with van der Waals surface area (Å²) >= 11 is 6.87. The van der Waals surface area contributed by atoms with Gasteiger partial charge in [-0.15, -0.1) is 0 Å². The summed E-state index contributed by atoms with van der Waals surface area (Å²) in [5.74, 6) is 0.463. The molecule has 3 aromatic heterocycles. The van der Waals surface area contributed by atoms with E-state index in [4.69, 9.17) is 22.3 Å². The fourth-order valence-corrected chi connectivity index (χ4v) is 5.66. The predicted molar refractivity (Wildman–Crippen MR) is 160 cm³/mol. The lowest BCUT2D eigenvalue weighted by atomic mass is 10.1. The Morgan fingerprint density at radius 3 is 2.23 bits per heavy atom. The average Bonchev–Trinajstić information content (AvgIpc) is 3.51. The maximum atomic E-state index is 13.6. The van der Waals surface area contributed by atoms with E-state index in [2.05, 4.69) is 24.2 Å². The zero-order chi connectivity index (χ0) is 27.1. The van der Waals surface area contributed by atoms with Gasteiger partial charge in [-0.25, -0.2) is 9.67 Å². The molecule has 3 heterocycles. The van der Waals surface area contributed by atoms with Gasteiger partial charge < -0.3 is 0 Å². The van der Waals surface area contributed by atoms with E-state index >= 15 is 0 Å². The first-order chi connectivity index (χ1) is 18.9. The highest BCUT2D eigenvalue weighted by Gasteiger charge is 2.16. The molecule has 7 nitrogen and oxygen atoms in total. The van der Waals surface area contributed by atoms with Crippen LogP contribution in [-0.4, -0.2) is 30.2 Å². The van der Waals surface area contributed by atoms with Crippen molar-refractivity contribution in [1.29, 1.82) is 0 Å². The van der Waals surface area contributed by atoms with Crippen LogP contribution < -0.4 is 5.56 Å². The Morgan fingerprint density at radius 2 is 1.54 bits per heavy atom. The number of para-hydroxylation sites is 1. The number of nitrogens with zero attached hydrogens (tertiary/aromatic N) is 6. The Hall–Kier alpha value is -4.47. The summed E-state index contributed by atoms with van der Waals surface area (Å²) in [6.07, 6.45) is 3.58. The van der Waals surface area contributed by atoms with E-state index in [0.29, 0.717) is 20.1 Å². The van der Waals surface area contributed by atoms with Crippen LogP contribution in [0, 0.1) is 24.7 Å². The van der Waals surface area contributed by atoms with Crippen LogP contribution in [0.4, 0.5) is 0 Å². The van der Waals surface area contributed by atoms with Crippen LogP contribution in [-0.2, 0) is 0 Å². The Morgan fingerprint density at radius 1 is 0.872 bits per heavy atom. The highest BCUT2D eigenvalue weighted by atomic mass is 32.1. The lowest BCUT2D eigenvalue weighted by Gasteiger charge is -2.07. The van der Waals surface area contributed by atoms with Crippen LogP contribution in [0.2, 0.25) is 0 Å². The first kappa shape index (κ1) is 24.8. The summed E-state index contributed by atoms with van der Waals surface area (Å²) in [6, 6.07) is 26.1. The second-order valence-corrected chi connectivity index (χ2v) is 10.9. The van der Waals surface area contributed by atoms with Gasteiger partial charge in [-0.05, 0) is 57.3 Å². The molecule has 39 heavy (non-hydrogen) atoms. The van der Waals surface area contributed by atoms with Gasteiger partial charge >= 0.3 is 0 Å². The summed E-state index contributed by atoms with van der Waals surface area (Å²) in [5.41, 5.74) is 6.90. The Kier molecular flexibility index (Phi) is 6.38. The molecule has 6 aromatic rings. The average molecular weight is 549 g/mol. The third kappa shape index (κ3) is 4.67. The molecule has 0 saturated carbocycles. The minimum atomic E-state index is -0.261. The first-order valence-corrected chi connectivity index (χ1v) is 13.6. The van der Waals surface area contributed by atoms with E-state index in [1.54, 1.807) is 13.1 Å². The molecule has 0 aliphatic heterocycles. The number of aromatic nitrogens is 5. The summed E-state index contributed by atoms with van der Waals surface area (Å²) in [6.45, 7) is 5.85. The number of fused-ring (bicyclic) bond motifs is 1. The summed E-state index contributed by atoms with van der Waals surface area (Å²) in [5, 5.41) is 9.44. The Labute approximate surface area is 234 Å². The van der Waals surface area contributed by atoms with Gasteiger partial charge in [0.15, 0.2) is 9.60 Å². The quantitative estimate of drug-likeness (QED) is 0.179. The Balaban J connectivity index is 1.46. The molecule has 6 rings (SSSR count). The molecule has 0 N–H and O–H groups in total. The highest BCUT2D eigenvalue weighted by Crippen LogP contribution is 2.25. The maximum Gasteiger partial charge on any atom is 0.293 e. The predicted octanol–water partition coefficient (Wildman–Crippen LogP) is 6.64. The smallest absolute Gasteiger partial charge is 0.275 e. The number of aryl methyl sites for hydroxylation is 3. The monoisotopic (exact) mass is 548 g/mol. The molecule has 0 bridgehead atoms.